The SMILES string of the molecule is C=C(C)C1(C(=O)OCC)CC(C)=C(C)CS1. The molecule has 0 amide bonds. The summed E-state index contributed by atoms with van der Waals surface area (Å²) >= 11 is 1.65. The van der Waals surface area contributed by atoms with Gasteiger partial charge >= 0.3 is 5.97 Å². The highest BCUT2D eigenvalue weighted by Gasteiger charge is 2.43. The van der Waals surface area contributed by atoms with Crippen LogP contribution in [0.3, 0.4) is 0 Å². The zero-order valence-electron chi connectivity index (χ0n) is 10.6. The van der Waals surface area contributed by atoms with Gasteiger partial charge in [-0.05, 0) is 34.1 Å². The fraction of sp³-hybridized carbons (Fsp3) is 0.615. The smallest absolute Gasteiger partial charge is 0.326 e. The maximum Gasteiger partial charge on any atom is 0.326 e. The number of hydrogen-bond donors (Lipinski definition) is 0. The molecule has 1 aliphatic rings. The molecule has 0 spiro atoms. The highest BCUT2D eigenvalue weighted by molar-refractivity contribution is 8.01. The van der Waals surface area contributed by atoms with Crippen molar-refractivity contribution in [2.45, 2.75) is 38.9 Å². The van der Waals surface area contributed by atoms with Crippen LogP contribution in [0.2, 0.25) is 0 Å². The second kappa shape index (κ2) is 5.09. The fourth-order valence-corrected chi connectivity index (χ4v) is 3.21. The van der Waals surface area contributed by atoms with Gasteiger partial charge in [-0.25, -0.2) is 0 Å². The van der Waals surface area contributed by atoms with Crippen LogP contribution < -0.4 is 0 Å². The van der Waals surface area contributed by atoms with Crippen molar-refractivity contribution in [1.29, 1.82) is 0 Å². The van der Waals surface area contributed by atoms with Gasteiger partial charge in [0.15, 0.2) is 0 Å². The molecule has 1 atom stereocenters. The Morgan fingerprint density at radius 3 is 2.56 bits per heavy atom. The highest BCUT2D eigenvalue weighted by atomic mass is 32.2. The number of hydrogen-bond acceptors (Lipinski definition) is 3. The Morgan fingerprint density at radius 2 is 2.12 bits per heavy atom. The third-order valence-corrected chi connectivity index (χ3v) is 4.80. The van der Waals surface area contributed by atoms with E-state index in [4.69, 9.17) is 4.74 Å². The van der Waals surface area contributed by atoms with Crippen LogP contribution in [0.15, 0.2) is 23.3 Å². The minimum atomic E-state index is -0.556. The van der Waals surface area contributed by atoms with Gasteiger partial charge in [-0.15, -0.1) is 11.8 Å². The van der Waals surface area contributed by atoms with Gasteiger partial charge in [-0.3, -0.25) is 4.79 Å². The van der Waals surface area contributed by atoms with E-state index in [9.17, 15) is 4.79 Å². The maximum absolute atomic E-state index is 12.1. The second-order valence-electron chi connectivity index (χ2n) is 4.35. The van der Waals surface area contributed by atoms with Crippen molar-refractivity contribution in [3.05, 3.63) is 23.3 Å². The lowest BCUT2D eigenvalue weighted by Gasteiger charge is -2.35. The monoisotopic (exact) mass is 240 g/mol. The summed E-state index contributed by atoms with van der Waals surface area (Å²) in [5.74, 6) is 0.747. The van der Waals surface area contributed by atoms with Gasteiger partial charge in [-0.2, -0.15) is 0 Å². The molecule has 16 heavy (non-hydrogen) atoms. The molecule has 0 N–H and O–H groups in total. The molecular formula is C13H20O2S. The standard InChI is InChI=1S/C13H20O2S/c1-6-15-12(14)13(9(2)3)7-10(4)11(5)8-16-13/h2,6-8H2,1,3-5H3. The summed E-state index contributed by atoms with van der Waals surface area (Å²) in [5, 5.41) is 0. The van der Waals surface area contributed by atoms with Crippen LogP contribution in [0.1, 0.15) is 34.1 Å². The van der Waals surface area contributed by atoms with Crippen molar-refractivity contribution in [3.63, 3.8) is 0 Å². The summed E-state index contributed by atoms with van der Waals surface area (Å²) in [6, 6.07) is 0. The fourth-order valence-electron chi connectivity index (χ4n) is 1.76. The van der Waals surface area contributed by atoms with Gasteiger partial charge < -0.3 is 4.74 Å². The van der Waals surface area contributed by atoms with Crippen LogP contribution in [-0.2, 0) is 9.53 Å². The molecule has 0 aromatic heterocycles. The molecule has 0 aliphatic carbocycles. The Bertz CT molecular complexity index is 344. The van der Waals surface area contributed by atoms with Gasteiger partial charge in [0, 0.05) is 5.75 Å². The molecule has 0 aromatic rings. The molecule has 1 aliphatic heterocycles. The van der Waals surface area contributed by atoms with E-state index in [1.807, 2.05) is 13.8 Å². The van der Waals surface area contributed by atoms with Crippen molar-refractivity contribution in [2.75, 3.05) is 12.4 Å². The minimum Gasteiger partial charge on any atom is -0.465 e. The Kier molecular flexibility index (Phi) is 4.25. The van der Waals surface area contributed by atoms with Crippen LogP contribution in [-0.4, -0.2) is 23.1 Å². The number of rotatable bonds is 3. The molecular weight excluding hydrogens is 220 g/mol. The van der Waals surface area contributed by atoms with Crippen LogP contribution in [0.4, 0.5) is 0 Å². The number of carbonyl (C=O) groups excluding carboxylic acids is 1. The normalized spacial score (nSPS) is 25.5. The molecule has 1 unspecified atom stereocenters. The van der Waals surface area contributed by atoms with E-state index < -0.39 is 4.75 Å². The first-order valence-corrected chi connectivity index (χ1v) is 6.55. The van der Waals surface area contributed by atoms with Crippen LogP contribution in [0.25, 0.3) is 0 Å². The van der Waals surface area contributed by atoms with Gasteiger partial charge in [0.05, 0.1) is 6.61 Å². The molecule has 0 saturated heterocycles. The van der Waals surface area contributed by atoms with Crippen LogP contribution in [0.5, 0.6) is 0 Å². The van der Waals surface area contributed by atoms with E-state index in [1.54, 1.807) is 11.8 Å². The van der Waals surface area contributed by atoms with E-state index in [0.29, 0.717) is 6.61 Å². The van der Waals surface area contributed by atoms with Gasteiger partial charge in [0.2, 0.25) is 0 Å². The molecule has 0 fully saturated rings. The molecule has 3 heteroatoms. The maximum atomic E-state index is 12.1. The van der Waals surface area contributed by atoms with Crippen molar-refractivity contribution in [1.82, 2.24) is 0 Å². The molecule has 1 rings (SSSR count). The number of thioether (sulfide) groups is 1. The van der Waals surface area contributed by atoms with E-state index >= 15 is 0 Å². The molecule has 0 radical (unpaired) electrons. The van der Waals surface area contributed by atoms with Crippen LogP contribution in [0, 0.1) is 0 Å². The summed E-state index contributed by atoms with van der Waals surface area (Å²) < 4.78 is 4.63. The Labute approximate surface area is 102 Å². The predicted molar refractivity (Wildman–Crippen MR) is 69.6 cm³/mol. The lowest BCUT2D eigenvalue weighted by atomic mass is 9.90. The molecule has 0 bridgehead atoms. The summed E-state index contributed by atoms with van der Waals surface area (Å²) in [6.07, 6.45) is 0.734. The average molecular weight is 240 g/mol. The number of ether oxygens (including phenoxy) is 1. The minimum absolute atomic E-state index is 0.139. The summed E-state index contributed by atoms with van der Waals surface area (Å²) in [7, 11) is 0. The van der Waals surface area contributed by atoms with E-state index in [1.165, 1.54) is 11.1 Å². The first-order valence-electron chi connectivity index (χ1n) is 5.56. The lowest BCUT2D eigenvalue weighted by molar-refractivity contribution is -0.144. The zero-order chi connectivity index (χ0) is 12.3. The highest BCUT2D eigenvalue weighted by Crippen LogP contribution is 2.44. The molecule has 2 nitrogen and oxygen atoms in total. The quantitative estimate of drug-likeness (QED) is 0.559. The molecule has 0 aromatic carbocycles. The summed E-state index contributed by atoms with van der Waals surface area (Å²) in [4.78, 5) is 12.1. The first kappa shape index (κ1) is 13.4. The first-order chi connectivity index (χ1) is 7.44. The van der Waals surface area contributed by atoms with Crippen molar-refractivity contribution < 1.29 is 9.53 Å². The largest absolute Gasteiger partial charge is 0.465 e. The van der Waals surface area contributed by atoms with Gasteiger partial charge in [-0.1, -0.05) is 23.3 Å². The summed E-state index contributed by atoms with van der Waals surface area (Å²) in [6.45, 7) is 12.4. The second-order valence-corrected chi connectivity index (χ2v) is 5.63. The van der Waals surface area contributed by atoms with E-state index in [-0.39, 0.29) is 5.97 Å². The molecule has 0 saturated carbocycles. The lowest BCUT2D eigenvalue weighted by Crippen LogP contribution is -2.40. The third-order valence-electron chi connectivity index (χ3n) is 3.07. The average Bonchev–Trinajstić information content (AvgIpc) is 2.22. The zero-order valence-corrected chi connectivity index (χ0v) is 11.4. The Hall–Kier alpha value is -0.700. The molecule has 1 heterocycles. The van der Waals surface area contributed by atoms with Crippen LogP contribution >= 0.6 is 11.8 Å². The Morgan fingerprint density at radius 1 is 1.50 bits per heavy atom. The summed E-state index contributed by atoms with van der Waals surface area (Å²) in [5.41, 5.74) is 3.55. The molecule has 90 valence electrons. The van der Waals surface area contributed by atoms with Crippen molar-refractivity contribution >= 4 is 17.7 Å². The predicted octanol–water partition coefficient (Wildman–Crippen LogP) is 3.34. The third kappa shape index (κ3) is 2.34. The topological polar surface area (TPSA) is 26.3 Å². The Balaban J connectivity index is 3.01. The van der Waals surface area contributed by atoms with Crippen molar-refractivity contribution in [2.24, 2.45) is 0 Å². The van der Waals surface area contributed by atoms with E-state index in [2.05, 4.69) is 20.4 Å². The van der Waals surface area contributed by atoms with E-state index in [0.717, 1.165) is 17.7 Å². The van der Waals surface area contributed by atoms with Gasteiger partial charge in [0.1, 0.15) is 4.75 Å². The number of esters is 1. The van der Waals surface area contributed by atoms with Crippen molar-refractivity contribution in [3.8, 4) is 0 Å². The van der Waals surface area contributed by atoms with Gasteiger partial charge in [0.25, 0.3) is 0 Å². The number of allylic oxidation sites excluding steroid dienone is 1. The number of carbonyl (C=O) groups is 1.